The summed E-state index contributed by atoms with van der Waals surface area (Å²) in [7, 11) is -4.17. The van der Waals surface area contributed by atoms with Crippen molar-refractivity contribution in [2.45, 2.75) is 49.4 Å². The Morgan fingerprint density at radius 2 is 1.74 bits per heavy atom. The van der Waals surface area contributed by atoms with E-state index in [4.69, 9.17) is 22.1 Å². The standard InChI is InChI=1S/C22H25ClF3N3O4S/c1-14(2)15-3-6-17(7-4-15)28-20(30)33-21(27)9-11-29(12-10-21)34(31,32)19-8-5-16(13-18(19)23)22(24,25)26/h3-8,13-14H,9-12,27H2,1-2H3,(H,28,30). The largest absolute Gasteiger partial charge is 0.428 e. The number of alkyl halides is 3. The van der Waals surface area contributed by atoms with E-state index in [1.807, 2.05) is 26.0 Å². The van der Waals surface area contributed by atoms with Crippen LogP contribution >= 0.6 is 11.6 Å². The number of hydrogen-bond acceptors (Lipinski definition) is 5. The van der Waals surface area contributed by atoms with E-state index in [1.165, 1.54) is 0 Å². The number of benzene rings is 2. The van der Waals surface area contributed by atoms with E-state index in [0.717, 1.165) is 15.9 Å². The minimum absolute atomic E-state index is 0.00973. The van der Waals surface area contributed by atoms with Crippen LogP contribution in [-0.2, 0) is 20.9 Å². The van der Waals surface area contributed by atoms with Crippen LogP contribution in [-0.4, -0.2) is 37.6 Å². The molecule has 0 bridgehead atoms. The van der Waals surface area contributed by atoms with E-state index in [-0.39, 0.29) is 25.9 Å². The molecule has 1 saturated heterocycles. The minimum Gasteiger partial charge on any atom is -0.428 e. The second-order valence-corrected chi connectivity index (χ2v) is 10.7. The Bertz CT molecular complexity index is 1150. The molecule has 1 amide bonds. The number of halogens is 4. The number of nitrogens with zero attached hydrogens (tertiary/aromatic N) is 1. The lowest BCUT2D eigenvalue weighted by atomic mass is 10.0. The fraction of sp³-hybridized carbons (Fsp3) is 0.409. The maximum atomic E-state index is 12.9. The molecule has 1 fully saturated rings. The van der Waals surface area contributed by atoms with Gasteiger partial charge in [0, 0.05) is 31.6 Å². The maximum absolute atomic E-state index is 12.9. The molecule has 0 saturated carbocycles. The summed E-state index contributed by atoms with van der Waals surface area (Å²) in [5.41, 5.74) is 5.34. The second-order valence-electron chi connectivity index (χ2n) is 8.40. The molecule has 2 aromatic rings. The van der Waals surface area contributed by atoms with Crippen LogP contribution in [0.1, 0.15) is 43.7 Å². The van der Waals surface area contributed by atoms with Gasteiger partial charge < -0.3 is 4.74 Å². The normalized spacial score (nSPS) is 16.9. The lowest BCUT2D eigenvalue weighted by Gasteiger charge is -2.37. The molecule has 0 aliphatic carbocycles. The minimum atomic E-state index is -4.65. The first-order valence-corrected chi connectivity index (χ1v) is 12.3. The van der Waals surface area contributed by atoms with Gasteiger partial charge in [-0.25, -0.2) is 13.2 Å². The van der Waals surface area contributed by atoms with Gasteiger partial charge in [-0.15, -0.1) is 0 Å². The summed E-state index contributed by atoms with van der Waals surface area (Å²) in [5.74, 6) is 0.340. The van der Waals surface area contributed by atoms with Gasteiger partial charge in [0.15, 0.2) is 5.72 Å². The van der Waals surface area contributed by atoms with Gasteiger partial charge in [-0.3, -0.25) is 11.1 Å². The molecule has 0 unspecified atom stereocenters. The summed E-state index contributed by atoms with van der Waals surface area (Å²) >= 11 is 5.86. The number of nitrogens with one attached hydrogen (secondary N) is 1. The number of hydrogen-bond donors (Lipinski definition) is 2. The van der Waals surface area contributed by atoms with Crippen LogP contribution in [0.4, 0.5) is 23.7 Å². The Labute approximate surface area is 201 Å². The van der Waals surface area contributed by atoms with Crippen LogP contribution in [0.15, 0.2) is 47.4 Å². The van der Waals surface area contributed by atoms with Crippen LogP contribution in [0.25, 0.3) is 0 Å². The summed E-state index contributed by atoms with van der Waals surface area (Å²) in [6.45, 7) is 3.89. The van der Waals surface area contributed by atoms with Crippen LogP contribution in [0.2, 0.25) is 5.02 Å². The average Bonchev–Trinajstić information content (AvgIpc) is 2.73. The highest BCUT2D eigenvalue weighted by Gasteiger charge is 2.40. The van der Waals surface area contributed by atoms with Crippen molar-refractivity contribution in [2.75, 3.05) is 18.4 Å². The monoisotopic (exact) mass is 519 g/mol. The van der Waals surface area contributed by atoms with Crippen molar-refractivity contribution in [3.8, 4) is 0 Å². The van der Waals surface area contributed by atoms with Crippen LogP contribution in [0.3, 0.4) is 0 Å². The SMILES string of the molecule is CC(C)c1ccc(NC(=O)OC2(N)CCN(S(=O)(=O)c3ccc(C(F)(F)F)cc3Cl)CC2)cc1. The van der Waals surface area contributed by atoms with Crippen molar-refractivity contribution >= 4 is 33.4 Å². The summed E-state index contributed by atoms with van der Waals surface area (Å²) in [4.78, 5) is 11.9. The number of carbonyl (C=O) groups excluding carboxylic acids is 1. The van der Waals surface area contributed by atoms with Crippen LogP contribution in [0, 0.1) is 0 Å². The summed E-state index contributed by atoms with van der Waals surface area (Å²) in [5, 5.41) is 2.06. The number of amides is 1. The van der Waals surface area contributed by atoms with E-state index in [1.54, 1.807) is 12.1 Å². The number of anilines is 1. The maximum Gasteiger partial charge on any atom is 0.416 e. The van der Waals surface area contributed by atoms with Crippen molar-refractivity contribution in [1.82, 2.24) is 4.31 Å². The lowest BCUT2D eigenvalue weighted by molar-refractivity contribution is -0.137. The Hall–Kier alpha value is -2.34. The Kier molecular flexibility index (Phi) is 7.51. The van der Waals surface area contributed by atoms with Crippen molar-refractivity contribution in [2.24, 2.45) is 5.73 Å². The van der Waals surface area contributed by atoms with E-state index in [2.05, 4.69) is 5.32 Å². The van der Waals surface area contributed by atoms with Crippen molar-refractivity contribution in [3.63, 3.8) is 0 Å². The molecule has 1 heterocycles. The Morgan fingerprint density at radius 1 is 1.15 bits per heavy atom. The topological polar surface area (TPSA) is 102 Å². The first-order chi connectivity index (χ1) is 15.7. The summed E-state index contributed by atoms with van der Waals surface area (Å²) in [6.07, 6.45) is -5.44. The number of piperidine rings is 1. The fourth-order valence-electron chi connectivity index (χ4n) is 3.51. The molecule has 3 rings (SSSR count). The van der Waals surface area contributed by atoms with Gasteiger partial charge in [0.05, 0.1) is 10.6 Å². The van der Waals surface area contributed by atoms with E-state index in [9.17, 15) is 26.4 Å². The first kappa shape index (κ1) is 26.3. The average molecular weight is 520 g/mol. The number of sulfonamides is 1. The van der Waals surface area contributed by atoms with Gasteiger partial charge in [-0.1, -0.05) is 37.6 Å². The van der Waals surface area contributed by atoms with E-state index >= 15 is 0 Å². The highest BCUT2D eigenvalue weighted by atomic mass is 35.5. The molecule has 186 valence electrons. The van der Waals surface area contributed by atoms with Crippen molar-refractivity contribution < 1.29 is 31.1 Å². The van der Waals surface area contributed by atoms with E-state index < -0.39 is 43.5 Å². The molecule has 0 atom stereocenters. The first-order valence-electron chi connectivity index (χ1n) is 10.5. The Morgan fingerprint density at radius 3 is 2.24 bits per heavy atom. The molecule has 7 nitrogen and oxygen atoms in total. The highest BCUT2D eigenvalue weighted by Crippen LogP contribution is 2.35. The van der Waals surface area contributed by atoms with Crippen LogP contribution in [0.5, 0.6) is 0 Å². The third-order valence-electron chi connectivity index (χ3n) is 5.57. The summed E-state index contributed by atoms with van der Waals surface area (Å²) < 4.78 is 70.8. The number of carbonyl (C=O) groups is 1. The summed E-state index contributed by atoms with van der Waals surface area (Å²) in [6, 6.07) is 9.32. The van der Waals surface area contributed by atoms with Crippen molar-refractivity contribution in [3.05, 3.63) is 58.6 Å². The van der Waals surface area contributed by atoms with Gasteiger partial charge in [0.1, 0.15) is 4.90 Å². The molecule has 0 radical (unpaired) electrons. The predicted octanol–water partition coefficient (Wildman–Crippen LogP) is 5.17. The predicted molar refractivity (Wildman–Crippen MR) is 122 cm³/mol. The lowest BCUT2D eigenvalue weighted by Crippen LogP contribution is -2.54. The molecule has 0 aromatic heterocycles. The third-order valence-corrected chi connectivity index (χ3v) is 7.95. The molecule has 0 spiro atoms. The van der Waals surface area contributed by atoms with E-state index in [0.29, 0.717) is 23.7 Å². The molecule has 3 N–H and O–H groups in total. The van der Waals surface area contributed by atoms with Gasteiger partial charge in [0.2, 0.25) is 10.0 Å². The molecule has 34 heavy (non-hydrogen) atoms. The number of rotatable bonds is 5. The zero-order chi connectivity index (χ0) is 25.3. The van der Waals surface area contributed by atoms with Crippen LogP contribution < -0.4 is 11.1 Å². The quantitative estimate of drug-likeness (QED) is 0.531. The van der Waals surface area contributed by atoms with Gasteiger partial charge in [0.25, 0.3) is 0 Å². The smallest absolute Gasteiger partial charge is 0.416 e. The van der Waals surface area contributed by atoms with Gasteiger partial charge in [-0.05, 0) is 41.8 Å². The molecule has 1 aliphatic heterocycles. The second kappa shape index (κ2) is 9.73. The molecular weight excluding hydrogens is 495 g/mol. The molecule has 1 aliphatic rings. The zero-order valence-electron chi connectivity index (χ0n) is 18.5. The Balaban J connectivity index is 1.62. The van der Waals surface area contributed by atoms with Gasteiger partial charge in [-0.2, -0.15) is 17.5 Å². The number of ether oxygens (including phenoxy) is 1. The number of nitrogens with two attached hydrogens (primary N) is 1. The zero-order valence-corrected chi connectivity index (χ0v) is 20.1. The molecular formula is C22H25ClF3N3O4S. The van der Waals surface area contributed by atoms with Crippen molar-refractivity contribution in [1.29, 1.82) is 0 Å². The highest BCUT2D eigenvalue weighted by molar-refractivity contribution is 7.89. The van der Waals surface area contributed by atoms with Gasteiger partial charge >= 0.3 is 12.3 Å². The molecule has 12 heteroatoms. The fourth-order valence-corrected chi connectivity index (χ4v) is 5.47. The third kappa shape index (κ3) is 6.01. The molecule has 2 aromatic carbocycles.